The monoisotopic (exact) mass is 453 g/mol. The fraction of sp³-hybridized carbons (Fsp3) is 0.185. The van der Waals surface area contributed by atoms with Crippen LogP contribution in [-0.2, 0) is 4.74 Å². The Labute approximate surface area is 197 Å². The Morgan fingerprint density at radius 1 is 0.971 bits per heavy atom. The number of fused-ring (bicyclic) bond motifs is 1. The van der Waals surface area contributed by atoms with Crippen molar-refractivity contribution in [1.82, 2.24) is 9.97 Å². The van der Waals surface area contributed by atoms with Gasteiger partial charge in [0.05, 0.1) is 6.61 Å². The highest BCUT2D eigenvalue weighted by Crippen LogP contribution is 2.35. The number of nitrogens with zero attached hydrogens (tertiary/aromatic N) is 3. The van der Waals surface area contributed by atoms with E-state index in [4.69, 9.17) is 9.47 Å². The molecule has 0 radical (unpaired) electrons. The molecule has 170 valence electrons. The quantitative estimate of drug-likeness (QED) is 0.348. The van der Waals surface area contributed by atoms with Crippen LogP contribution in [0.25, 0.3) is 10.8 Å². The van der Waals surface area contributed by atoms with Gasteiger partial charge in [-0.05, 0) is 66.9 Å². The van der Waals surface area contributed by atoms with Gasteiger partial charge in [0.25, 0.3) is 5.91 Å². The number of hydrogen-bond donors (Lipinski definition) is 0. The van der Waals surface area contributed by atoms with E-state index in [9.17, 15) is 9.59 Å². The van der Waals surface area contributed by atoms with Crippen molar-refractivity contribution in [3.63, 3.8) is 0 Å². The molecular formula is C27H23N3O4. The molecule has 0 N–H and O–H groups in total. The summed E-state index contributed by atoms with van der Waals surface area (Å²) in [7, 11) is 0. The summed E-state index contributed by atoms with van der Waals surface area (Å²) in [5.74, 6) is 0.222. The second-order valence-electron chi connectivity index (χ2n) is 7.99. The zero-order valence-corrected chi connectivity index (χ0v) is 18.7. The number of benzene rings is 3. The molecule has 1 aromatic heterocycles. The van der Waals surface area contributed by atoms with Gasteiger partial charge in [-0.25, -0.2) is 14.8 Å². The minimum atomic E-state index is -0.532. The van der Waals surface area contributed by atoms with E-state index in [0.717, 1.165) is 29.3 Å². The van der Waals surface area contributed by atoms with Crippen molar-refractivity contribution in [3.8, 4) is 11.6 Å². The van der Waals surface area contributed by atoms with Gasteiger partial charge in [-0.15, -0.1) is 0 Å². The van der Waals surface area contributed by atoms with Crippen LogP contribution in [0.2, 0.25) is 0 Å². The number of ether oxygens (including phenoxy) is 2. The molecule has 7 nitrogen and oxygen atoms in total. The van der Waals surface area contributed by atoms with E-state index < -0.39 is 5.97 Å². The molecule has 3 aromatic carbocycles. The summed E-state index contributed by atoms with van der Waals surface area (Å²) in [6, 6.07) is 22.7. The zero-order chi connectivity index (χ0) is 23.5. The van der Waals surface area contributed by atoms with Crippen molar-refractivity contribution in [2.24, 2.45) is 0 Å². The van der Waals surface area contributed by atoms with Crippen LogP contribution in [0.3, 0.4) is 0 Å². The second kappa shape index (κ2) is 9.31. The lowest BCUT2D eigenvalue weighted by Crippen LogP contribution is -2.33. The number of amides is 1. The highest BCUT2D eigenvalue weighted by Gasteiger charge is 2.34. The average Bonchev–Trinajstić information content (AvgIpc) is 3.70. The van der Waals surface area contributed by atoms with Gasteiger partial charge >= 0.3 is 5.97 Å². The van der Waals surface area contributed by atoms with Gasteiger partial charge in [0.2, 0.25) is 5.88 Å². The second-order valence-corrected chi connectivity index (χ2v) is 7.99. The van der Waals surface area contributed by atoms with Crippen LogP contribution in [0.4, 0.5) is 5.69 Å². The van der Waals surface area contributed by atoms with Crippen LogP contribution in [-0.4, -0.2) is 34.5 Å². The van der Waals surface area contributed by atoms with Crippen LogP contribution in [0, 0.1) is 0 Å². The number of carbonyl (C=O) groups excluding carboxylic acids is 2. The summed E-state index contributed by atoms with van der Waals surface area (Å²) in [6.45, 7) is 1.99. The van der Waals surface area contributed by atoms with Crippen molar-refractivity contribution in [1.29, 1.82) is 0 Å². The summed E-state index contributed by atoms with van der Waals surface area (Å²) >= 11 is 0. The topological polar surface area (TPSA) is 81.6 Å². The standard InChI is InChI=1S/C27H23N3O4/c1-2-33-27(32)24-16-25(29-17-28-24)34-21-13-14-22-18(15-21)7-6-10-23(22)26(31)30(20-11-12-20)19-8-4-3-5-9-19/h3-10,13-17,20H,2,11-12H2,1H3. The molecule has 0 spiro atoms. The Morgan fingerprint density at radius 2 is 1.79 bits per heavy atom. The van der Waals surface area contributed by atoms with Crippen LogP contribution in [0.5, 0.6) is 11.6 Å². The molecule has 1 fully saturated rings. The van der Waals surface area contributed by atoms with Crippen LogP contribution >= 0.6 is 0 Å². The lowest BCUT2D eigenvalue weighted by molar-refractivity contribution is 0.0518. The minimum Gasteiger partial charge on any atom is -0.461 e. The number of esters is 1. The molecule has 1 heterocycles. The first-order valence-corrected chi connectivity index (χ1v) is 11.2. The molecular weight excluding hydrogens is 430 g/mol. The fourth-order valence-corrected chi connectivity index (χ4v) is 3.89. The van der Waals surface area contributed by atoms with Gasteiger partial charge in [0, 0.05) is 23.4 Å². The van der Waals surface area contributed by atoms with Crippen LogP contribution in [0.1, 0.15) is 40.6 Å². The van der Waals surface area contributed by atoms with E-state index in [0.29, 0.717) is 11.3 Å². The molecule has 0 atom stereocenters. The minimum absolute atomic E-state index is 0.0113. The highest BCUT2D eigenvalue weighted by atomic mass is 16.5. The third-order valence-corrected chi connectivity index (χ3v) is 5.60. The normalized spacial score (nSPS) is 12.9. The third kappa shape index (κ3) is 4.45. The van der Waals surface area contributed by atoms with Gasteiger partial charge in [-0.1, -0.05) is 30.3 Å². The highest BCUT2D eigenvalue weighted by molar-refractivity contribution is 6.14. The van der Waals surface area contributed by atoms with Gasteiger partial charge < -0.3 is 14.4 Å². The Balaban J connectivity index is 1.43. The maximum absolute atomic E-state index is 13.6. The van der Waals surface area contributed by atoms with Crippen molar-refractivity contribution >= 4 is 28.3 Å². The first kappa shape index (κ1) is 21.6. The molecule has 7 heteroatoms. The summed E-state index contributed by atoms with van der Waals surface area (Å²) in [4.78, 5) is 35.5. The third-order valence-electron chi connectivity index (χ3n) is 5.60. The SMILES string of the molecule is CCOC(=O)c1cc(Oc2ccc3c(C(=O)N(c4ccccc4)C4CC4)cccc3c2)ncn1. The molecule has 0 bridgehead atoms. The number of hydrogen-bond acceptors (Lipinski definition) is 6. The van der Waals surface area contributed by atoms with Crippen molar-refractivity contribution in [2.45, 2.75) is 25.8 Å². The molecule has 0 aliphatic heterocycles. The van der Waals surface area contributed by atoms with E-state index in [-0.39, 0.29) is 30.1 Å². The summed E-state index contributed by atoms with van der Waals surface area (Å²) in [5, 5.41) is 1.71. The average molecular weight is 453 g/mol. The Morgan fingerprint density at radius 3 is 2.56 bits per heavy atom. The van der Waals surface area contributed by atoms with Crippen LogP contribution < -0.4 is 9.64 Å². The first-order chi connectivity index (χ1) is 16.6. The lowest BCUT2D eigenvalue weighted by Gasteiger charge is -2.23. The predicted octanol–water partition coefficient (Wildman–Crippen LogP) is 5.41. The maximum atomic E-state index is 13.6. The molecule has 0 unspecified atom stereocenters. The Hall–Kier alpha value is -4.26. The summed E-state index contributed by atoms with van der Waals surface area (Å²) < 4.78 is 10.8. The molecule has 5 rings (SSSR count). The Bertz CT molecular complexity index is 1350. The molecule has 1 saturated carbocycles. The molecule has 1 aliphatic rings. The van der Waals surface area contributed by atoms with Crippen LogP contribution in [0.15, 0.2) is 79.1 Å². The molecule has 1 aliphatic carbocycles. The lowest BCUT2D eigenvalue weighted by atomic mass is 10.0. The molecule has 1 amide bonds. The zero-order valence-electron chi connectivity index (χ0n) is 18.7. The van der Waals surface area contributed by atoms with E-state index in [1.165, 1.54) is 12.4 Å². The van der Waals surface area contributed by atoms with E-state index in [1.807, 2.05) is 65.6 Å². The number of para-hydroxylation sites is 1. The van der Waals surface area contributed by atoms with Gasteiger partial charge in [-0.3, -0.25) is 4.79 Å². The summed E-state index contributed by atoms with van der Waals surface area (Å²) in [6.07, 6.45) is 3.28. The van der Waals surface area contributed by atoms with Gasteiger partial charge in [0.15, 0.2) is 5.69 Å². The van der Waals surface area contributed by atoms with E-state index in [1.54, 1.807) is 13.0 Å². The van der Waals surface area contributed by atoms with Crippen molar-refractivity contribution < 1.29 is 19.1 Å². The van der Waals surface area contributed by atoms with Gasteiger partial charge in [0.1, 0.15) is 12.1 Å². The summed E-state index contributed by atoms with van der Waals surface area (Å²) in [5.41, 5.74) is 1.68. The molecule has 4 aromatic rings. The van der Waals surface area contributed by atoms with Gasteiger partial charge in [-0.2, -0.15) is 0 Å². The van der Waals surface area contributed by atoms with E-state index >= 15 is 0 Å². The molecule has 34 heavy (non-hydrogen) atoms. The number of carbonyl (C=O) groups is 2. The number of rotatable bonds is 7. The van der Waals surface area contributed by atoms with Crippen molar-refractivity contribution in [3.05, 3.63) is 90.4 Å². The van der Waals surface area contributed by atoms with Crippen molar-refractivity contribution in [2.75, 3.05) is 11.5 Å². The Kier molecular flexibility index (Phi) is 5.91. The molecule has 0 saturated heterocycles. The largest absolute Gasteiger partial charge is 0.461 e. The predicted molar refractivity (Wildman–Crippen MR) is 128 cm³/mol. The number of anilines is 1. The van der Waals surface area contributed by atoms with E-state index in [2.05, 4.69) is 9.97 Å². The first-order valence-electron chi connectivity index (χ1n) is 11.2. The smallest absolute Gasteiger partial charge is 0.357 e. The maximum Gasteiger partial charge on any atom is 0.357 e. The number of aromatic nitrogens is 2. The fourth-order valence-electron chi connectivity index (χ4n) is 3.89.